The molecule has 1 atom stereocenters. The number of nitrogens with one attached hydrogen (secondary N) is 1. The summed E-state index contributed by atoms with van der Waals surface area (Å²) in [7, 11) is 0. The molecule has 0 radical (unpaired) electrons. The lowest BCUT2D eigenvalue weighted by Gasteiger charge is -2.36. The second kappa shape index (κ2) is 6.91. The third kappa shape index (κ3) is 3.19. The predicted octanol–water partition coefficient (Wildman–Crippen LogP) is 1.68. The van der Waals surface area contributed by atoms with Crippen molar-refractivity contribution in [2.75, 3.05) is 32.8 Å². The van der Waals surface area contributed by atoms with E-state index in [1.807, 2.05) is 24.3 Å². The molecule has 0 bridgehead atoms. The molecule has 1 aromatic rings. The van der Waals surface area contributed by atoms with Crippen LogP contribution in [0.25, 0.3) is 0 Å². The summed E-state index contributed by atoms with van der Waals surface area (Å²) in [5, 5.41) is 13.1. The third-order valence-electron chi connectivity index (χ3n) is 4.20. The Morgan fingerprint density at radius 1 is 1.38 bits per heavy atom. The Bertz CT molecular complexity index is 488. The van der Waals surface area contributed by atoms with Crippen molar-refractivity contribution in [1.82, 2.24) is 10.2 Å². The maximum Gasteiger partial charge on any atom is 0.328 e. The fourth-order valence-corrected chi connectivity index (χ4v) is 2.84. The van der Waals surface area contributed by atoms with Gasteiger partial charge in [-0.25, -0.2) is 4.79 Å². The Morgan fingerprint density at radius 3 is 2.76 bits per heavy atom. The minimum Gasteiger partial charge on any atom is -0.493 e. The summed E-state index contributed by atoms with van der Waals surface area (Å²) >= 11 is 0. The Hall–Kier alpha value is -1.59. The van der Waals surface area contributed by atoms with Crippen LogP contribution < -0.4 is 10.1 Å². The van der Waals surface area contributed by atoms with Gasteiger partial charge in [0.05, 0.1) is 6.61 Å². The minimum absolute atomic E-state index is 0.418. The van der Waals surface area contributed by atoms with E-state index in [9.17, 15) is 9.90 Å². The molecule has 116 valence electrons. The molecule has 0 fully saturated rings. The third-order valence-corrected chi connectivity index (χ3v) is 4.20. The number of ether oxygens (including phenoxy) is 1. The van der Waals surface area contributed by atoms with Crippen molar-refractivity contribution in [3.8, 4) is 5.75 Å². The molecule has 2 rings (SSSR count). The number of likely N-dealkylation sites (N-methyl/N-ethyl adjacent to an activating group) is 1. The molecule has 0 aliphatic carbocycles. The zero-order valence-electron chi connectivity index (χ0n) is 12.8. The highest BCUT2D eigenvalue weighted by atomic mass is 16.5. The van der Waals surface area contributed by atoms with Crippen LogP contribution >= 0.6 is 0 Å². The summed E-state index contributed by atoms with van der Waals surface area (Å²) in [6.07, 6.45) is 0.442. The van der Waals surface area contributed by atoms with E-state index in [2.05, 4.69) is 24.1 Å². The number of carboxylic acids is 1. The molecular weight excluding hydrogens is 268 g/mol. The first-order valence-electron chi connectivity index (χ1n) is 7.57. The van der Waals surface area contributed by atoms with Crippen molar-refractivity contribution >= 4 is 5.97 Å². The smallest absolute Gasteiger partial charge is 0.328 e. The molecule has 1 heterocycles. The number of fused-ring (bicyclic) bond motifs is 1. The molecule has 21 heavy (non-hydrogen) atoms. The molecule has 1 aliphatic rings. The first-order valence-corrected chi connectivity index (χ1v) is 7.57. The largest absolute Gasteiger partial charge is 0.493 e. The quantitative estimate of drug-likeness (QED) is 0.800. The van der Waals surface area contributed by atoms with Gasteiger partial charge >= 0.3 is 5.97 Å². The summed E-state index contributed by atoms with van der Waals surface area (Å²) in [6, 6.07) is 7.40. The zero-order valence-corrected chi connectivity index (χ0v) is 12.8. The van der Waals surface area contributed by atoms with Gasteiger partial charge < -0.3 is 14.7 Å². The molecule has 1 aromatic carbocycles. The van der Waals surface area contributed by atoms with E-state index in [-0.39, 0.29) is 0 Å². The van der Waals surface area contributed by atoms with E-state index < -0.39 is 11.5 Å². The van der Waals surface area contributed by atoms with Gasteiger partial charge in [0.2, 0.25) is 0 Å². The number of carbonyl (C=O) groups is 1. The van der Waals surface area contributed by atoms with Gasteiger partial charge in [0, 0.05) is 25.1 Å². The van der Waals surface area contributed by atoms with Crippen LogP contribution in [0.5, 0.6) is 5.75 Å². The molecule has 1 unspecified atom stereocenters. The SMILES string of the molecule is CCN(CC)CCNC1(C(=O)O)CCOc2ccccc21. The van der Waals surface area contributed by atoms with Gasteiger partial charge in [-0.2, -0.15) is 0 Å². The summed E-state index contributed by atoms with van der Waals surface area (Å²) in [4.78, 5) is 14.2. The maximum atomic E-state index is 11.9. The van der Waals surface area contributed by atoms with Gasteiger partial charge in [0.1, 0.15) is 11.3 Å². The van der Waals surface area contributed by atoms with Crippen molar-refractivity contribution in [3.63, 3.8) is 0 Å². The van der Waals surface area contributed by atoms with E-state index in [0.717, 1.165) is 25.2 Å². The summed E-state index contributed by atoms with van der Waals surface area (Å²) in [6.45, 7) is 8.06. The average molecular weight is 292 g/mol. The van der Waals surface area contributed by atoms with Crippen LogP contribution in [-0.2, 0) is 10.3 Å². The van der Waals surface area contributed by atoms with Crippen LogP contribution in [0.4, 0.5) is 0 Å². The number of nitrogens with zero attached hydrogens (tertiary/aromatic N) is 1. The van der Waals surface area contributed by atoms with Crippen LogP contribution in [0.3, 0.4) is 0 Å². The number of hydrogen-bond donors (Lipinski definition) is 2. The Labute approximate surface area is 125 Å². The zero-order chi connectivity index (χ0) is 15.3. The fraction of sp³-hybridized carbons (Fsp3) is 0.562. The molecule has 0 saturated heterocycles. The van der Waals surface area contributed by atoms with E-state index in [1.165, 1.54) is 0 Å². The monoisotopic (exact) mass is 292 g/mol. The first-order chi connectivity index (χ1) is 10.1. The topological polar surface area (TPSA) is 61.8 Å². The minimum atomic E-state index is -1.04. The lowest BCUT2D eigenvalue weighted by atomic mass is 9.84. The highest BCUT2D eigenvalue weighted by molar-refractivity contribution is 5.82. The Morgan fingerprint density at radius 2 is 2.10 bits per heavy atom. The molecule has 0 spiro atoms. The fourth-order valence-electron chi connectivity index (χ4n) is 2.84. The van der Waals surface area contributed by atoms with E-state index in [1.54, 1.807) is 0 Å². The maximum absolute atomic E-state index is 11.9. The number of para-hydroxylation sites is 1. The van der Waals surface area contributed by atoms with Gasteiger partial charge in [-0.1, -0.05) is 32.0 Å². The van der Waals surface area contributed by atoms with Crippen molar-refractivity contribution < 1.29 is 14.6 Å². The molecule has 5 nitrogen and oxygen atoms in total. The van der Waals surface area contributed by atoms with Gasteiger partial charge in [-0.3, -0.25) is 5.32 Å². The van der Waals surface area contributed by atoms with Gasteiger partial charge in [-0.15, -0.1) is 0 Å². The van der Waals surface area contributed by atoms with Crippen molar-refractivity contribution in [2.45, 2.75) is 25.8 Å². The molecule has 0 saturated carbocycles. The van der Waals surface area contributed by atoms with Crippen molar-refractivity contribution in [3.05, 3.63) is 29.8 Å². The second-order valence-corrected chi connectivity index (χ2v) is 5.26. The van der Waals surface area contributed by atoms with E-state index in [4.69, 9.17) is 4.74 Å². The van der Waals surface area contributed by atoms with E-state index >= 15 is 0 Å². The molecular formula is C16H24N2O3. The summed E-state index contributed by atoms with van der Waals surface area (Å²) in [5.74, 6) is -0.167. The average Bonchev–Trinajstić information content (AvgIpc) is 2.51. The highest BCUT2D eigenvalue weighted by Crippen LogP contribution is 2.37. The Balaban J connectivity index is 2.17. The van der Waals surface area contributed by atoms with Crippen LogP contribution in [0.2, 0.25) is 0 Å². The number of hydrogen-bond acceptors (Lipinski definition) is 4. The van der Waals surface area contributed by atoms with Crippen LogP contribution in [0, 0.1) is 0 Å². The van der Waals surface area contributed by atoms with Crippen LogP contribution in [0.15, 0.2) is 24.3 Å². The normalized spacial score (nSPS) is 20.9. The molecule has 2 N–H and O–H groups in total. The molecule has 0 amide bonds. The predicted molar refractivity (Wildman–Crippen MR) is 81.7 cm³/mol. The van der Waals surface area contributed by atoms with Gasteiger partial charge in [0.15, 0.2) is 0 Å². The number of aliphatic carboxylic acids is 1. The molecule has 1 aliphatic heterocycles. The van der Waals surface area contributed by atoms with Crippen LogP contribution in [-0.4, -0.2) is 48.8 Å². The first kappa shape index (κ1) is 15.8. The summed E-state index contributed by atoms with van der Waals surface area (Å²) < 4.78 is 5.58. The van der Waals surface area contributed by atoms with Gasteiger partial charge in [0.25, 0.3) is 0 Å². The molecule has 0 aromatic heterocycles. The summed E-state index contributed by atoms with van der Waals surface area (Å²) in [5.41, 5.74) is -0.314. The lowest BCUT2D eigenvalue weighted by Crippen LogP contribution is -2.53. The number of carboxylic acid groups (broad SMARTS) is 1. The Kier molecular flexibility index (Phi) is 5.20. The van der Waals surface area contributed by atoms with Crippen LogP contribution in [0.1, 0.15) is 25.8 Å². The highest BCUT2D eigenvalue weighted by Gasteiger charge is 2.44. The van der Waals surface area contributed by atoms with Crippen molar-refractivity contribution in [2.24, 2.45) is 0 Å². The van der Waals surface area contributed by atoms with Crippen molar-refractivity contribution in [1.29, 1.82) is 0 Å². The molecule has 5 heteroatoms. The second-order valence-electron chi connectivity index (χ2n) is 5.26. The number of rotatable bonds is 7. The van der Waals surface area contributed by atoms with Gasteiger partial charge in [-0.05, 0) is 19.2 Å². The lowest BCUT2D eigenvalue weighted by molar-refractivity contribution is -0.146. The standard InChI is InChI=1S/C16H24N2O3/c1-3-18(4-2)11-10-17-16(15(19)20)9-12-21-14-8-6-5-7-13(14)16/h5-8,17H,3-4,9-12H2,1-2H3,(H,19,20). The number of benzene rings is 1. The van der Waals surface area contributed by atoms with E-state index in [0.29, 0.717) is 25.3 Å².